The van der Waals surface area contributed by atoms with E-state index >= 15 is 0 Å². The van der Waals surface area contributed by atoms with E-state index in [9.17, 15) is 86.8 Å². The molecule has 0 aromatic heterocycles. The van der Waals surface area contributed by atoms with Crippen molar-refractivity contribution < 1.29 is 129 Å². The maximum absolute atomic E-state index is 11.1. The molecule has 26 nitrogen and oxygen atoms in total. The summed E-state index contributed by atoms with van der Waals surface area (Å²) in [4.78, 5) is 0. The first-order valence-electron chi connectivity index (χ1n) is 17.6. The van der Waals surface area contributed by atoms with Gasteiger partial charge in [0.1, 0.15) is 122 Å². The number of hydrogen-bond acceptors (Lipinski definition) is 26. The van der Waals surface area contributed by atoms with E-state index in [0.717, 1.165) is 0 Å². The minimum Gasteiger partial charge on any atom is -0.394 e. The van der Waals surface area contributed by atoms with Crippen LogP contribution in [0.5, 0.6) is 0 Å². The fourth-order valence-electron chi connectivity index (χ4n) is 6.82. The molecule has 0 aliphatic carbocycles. The smallest absolute Gasteiger partial charge is 0.187 e. The van der Waals surface area contributed by atoms with Gasteiger partial charge in [0.15, 0.2) is 31.5 Å². The molecule has 25 atom stereocenters. The molecule has 5 aliphatic heterocycles. The standard InChI is InChI=1S/C30H52O26/c31-1-6-11(34)15(38)20(43)27(51-6)49-5-10-13(36)16(39)21(44)29(54-10)55-25-8(3-33)53-30(23(46)18(25)41)56-24-7(2-32)52-28(22(45)17(24)40)48-4-9-12(35)14(37)19(42)26(47)50-9/h6-47H,1-5H2/t6-,7-,8-,9-,10-,11-,12-,13-,14+,15+,16+,17-,18-,19-,20-,21-,22-,23-,24-,25-,26?,27+,28+,29-,30-/m1/s1. The summed E-state index contributed by atoms with van der Waals surface area (Å²) in [6.45, 7) is -4.03. The Morgan fingerprint density at radius 3 is 1.09 bits per heavy atom. The second-order valence-electron chi connectivity index (χ2n) is 14.0. The molecule has 328 valence electrons. The predicted octanol–water partition coefficient (Wildman–Crippen LogP) is -11.9. The SMILES string of the molecule is OC[C@H]1O[C@H](OC[C@H]2O[C@H](O[C@H]3[C@H](O)[C@@H](O)[C@@H](O[C@H]4[C@H](O)[C@@H](O)[C@@H](OC[C@H]5OC(O)[C@H](O)[C@@H](O)[C@@H]5O)O[C@@H]4CO)O[C@@H]3CO)[C@H](O)[C@@H](O)[C@@H]2O)[C@H](O)[C@@H](O)[C@@H]1O. The van der Waals surface area contributed by atoms with Gasteiger partial charge in [0.05, 0.1) is 33.0 Å². The highest BCUT2D eigenvalue weighted by Crippen LogP contribution is 2.33. The van der Waals surface area contributed by atoms with Crippen LogP contribution in [0.4, 0.5) is 0 Å². The van der Waals surface area contributed by atoms with E-state index in [-0.39, 0.29) is 0 Å². The van der Waals surface area contributed by atoms with Gasteiger partial charge in [-0.1, -0.05) is 0 Å². The average Bonchev–Trinajstić information content (AvgIpc) is 3.19. The van der Waals surface area contributed by atoms with Gasteiger partial charge in [-0.15, -0.1) is 0 Å². The predicted molar refractivity (Wildman–Crippen MR) is 167 cm³/mol. The molecule has 17 N–H and O–H groups in total. The lowest BCUT2D eigenvalue weighted by molar-refractivity contribution is -0.382. The topological polar surface area (TPSA) is 427 Å². The first-order chi connectivity index (χ1) is 26.4. The highest BCUT2D eigenvalue weighted by Gasteiger charge is 2.54. The summed E-state index contributed by atoms with van der Waals surface area (Å²) in [7, 11) is 0. The van der Waals surface area contributed by atoms with Crippen LogP contribution in [0.25, 0.3) is 0 Å². The van der Waals surface area contributed by atoms with Gasteiger partial charge in [0.2, 0.25) is 0 Å². The molecule has 0 bridgehead atoms. The van der Waals surface area contributed by atoms with Crippen molar-refractivity contribution in [1.82, 2.24) is 0 Å². The molecule has 1 unspecified atom stereocenters. The maximum Gasteiger partial charge on any atom is 0.187 e. The zero-order valence-electron chi connectivity index (χ0n) is 29.2. The van der Waals surface area contributed by atoms with Crippen LogP contribution < -0.4 is 0 Å². The second kappa shape index (κ2) is 19.6. The monoisotopic (exact) mass is 828 g/mol. The molecular weight excluding hydrogens is 776 g/mol. The average molecular weight is 829 g/mol. The van der Waals surface area contributed by atoms with E-state index < -0.39 is 187 Å². The molecule has 5 aliphatic rings. The van der Waals surface area contributed by atoms with Crippen molar-refractivity contribution in [3.63, 3.8) is 0 Å². The highest BCUT2D eigenvalue weighted by atomic mass is 16.8. The van der Waals surface area contributed by atoms with E-state index in [2.05, 4.69) is 0 Å². The Morgan fingerprint density at radius 1 is 0.304 bits per heavy atom. The van der Waals surface area contributed by atoms with E-state index in [4.69, 9.17) is 42.6 Å². The molecule has 0 spiro atoms. The molecule has 26 heteroatoms. The largest absolute Gasteiger partial charge is 0.394 e. The van der Waals surface area contributed by atoms with Crippen LogP contribution >= 0.6 is 0 Å². The van der Waals surface area contributed by atoms with E-state index in [0.29, 0.717) is 0 Å². The molecule has 5 fully saturated rings. The van der Waals surface area contributed by atoms with Crippen molar-refractivity contribution in [2.45, 2.75) is 154 Å². The van der Waals surface area contributed by atoms with Crippen molar-refractivity contribution in [3.8, 4) is 0 Å². The third kappa shape index (κ3) is 9.46. The van der Waals surface area contributed by atoms with Gasteiger partial charge in [-0.3, -0.25) is 0 Å². The Kier molecular flexibility index (Phi) is 16.1. The summed E-state index contributed by atoms with van der Waals surface area (Å²) in [6.07, 6.45) is -45.0. The Morgan fingerprint density at radius 2 is 0.625 bits per heavy atom. The van der Waals surface area contributed by atoms with E-state index in [1.54, 1.807) is 0 Å². The van der Waals surface area contributed by atoms with Crippen LogP contribution in [0, 0.1) is 0 Å². The van der Waals surface area contributed by atoms with Crippen molar-refractivity contribution in [1.29, 1.82) is 0 Å². The van der Waals surface area contributed by atoms with Crippen LogP contribution in [0.2, 0.25) is 0 Å². The summed E-state index contributed by atoms with van der Waals surface area (Å²) < 4.78 is 48.8. The fraction of sp³-hybridized carbons (Fsp3) is 1.00. The summed E-state index contributed by atoms with van der Waals surface area (Å²) in [5.74, 6) is 0. The molecule has 0 aromatic carbocycles. The first-order valence-corrected chi connectivity index (χ1v) is 17.6. The zero-order valence-corrected chi connectivity index (χ0v) is 29.2. The molecular formula is C30H52O26. The minimum atomic E-state index is -2.10. The Balaban J connectivity index is 1.19. The van der Waals surface area contributed by atoms with Crippen LogP contribution in [-0.2, 0) is 42.6 Å². The molecule has 0 aromatic rings. The minimum absolute atomic E-state index is 0.669. The van der Waals surface area contributed by atoms with Crippen molar-refractivity contribution in [3.05, 3.63) is 0 Å². The quantitative estimate of drug-likeness (QED) is 0.0819. The number of rotatable bonds is 13. The van der Waals surface area contributed by atoms with Crippen molar-refractivity contribution >= 4 is 0 Å². The third-order valence-corrected chi connectivity index (χ3v) is 10.3. The van der Waals surface area contributed by atoms with Crippen LogP contribution in [0.1, 0.15) is 0 Å². The van der Waals surface area contributed by atoms with Gasteiger partial charge in [0, 0.05) is 0 Å². The molecule has 0 amide bonds. The summed E-state index contributed by atoms with van der Waals surface area (Å²) in [5.41, 5.74) is 0. The zero-order chi connectivity index (χ0) is 41.3. The summed E-state index contributed by atoms with van der Waals surface area (Å²) in [6, 6.07) is 0. The Hall–Kier alpha value is -1.04. The first kappa shape index (κ1) is 46.0. The summed E-state index contributed by atoms with van der Waals surface area (Å²) in [5, 5.41) is 175. The van der Waals surface area contributed by atoms with Gasteiger partial charge in [-0.25, -0.2) is 0 Å². The molecule has 5 rings (SSSR count). The lowest BCUT2D eigenvalue weighted by Crippen LogP contribution is -2.67. The second-order valence-corrected chi connectivity index (χ2v) is 14.0. The molecule has 0 radical (unpaired) electrons. The van der Waals surface area contributed by atoms with E-state index in [1.165, 1.54) is 0 Å². The van der Waals surface area contributed by atoms with Crippen LogP contribution in [0.3, 0.4) is 0 Å². The Labute approximate surface area is 316 Å². The van der Waals surface area contributed by atoms with Gasteiger partial charge in [-0.05, 0) is 0 Å². The summed E-state index contributed by atoms with van der Waals surface area (Å²) >= 11 is 0. The maximum atomic E-state index is 11.1. The van der Waals surface area contributed by atoms with Gasteiger partial charge in [0.25, 0.3) is 0 Å². The third-order valence-electron chi connectivity index (χ3n) is 10.3. The van der Waals surface area contributed by atoms with Crippen molar-refractivity contribution in [2.24, 2.45) is 0 Å². The van der Waals surface area contributed by atoms with Crippen LogP contribution in [0.15, 0.2) is 0 Å². The lowest BCUT2D eigenvalue weighted by Gasteiger charge is -2.48. The molecule has 5 saturated heterocycles. The molecule has 56 heavy (non-hydrogen) atoms. The van der Waals surface area contributed by atoms with Crippen molar-refractivity contribution in [2.75, 3.05) is 33.0 Å². The highest BCUT2D eigenvalue weighted by molar-refractivity contribution is 4.97. The number of aliphatic hydroxyl groups excluding tert-OH is 17. The normalized spacial score (nSPS) is 53.2. The van der Waals surface area contributed by atoms with E-state index in [1.807, 2.05) is 0 Å². The van der Waals surface area contributed by atoms with Gasteiger partial charge in [-0.2, -0.15) is 0 Å². The fourth-order valence-corrected chi connectivity index (χ4v) is 6.82. The molecule has 5 heterocycles. The number of aliphatic hydroxyl groups is 17. The number of hydrogen-bond donors (Lipinski definition) is 17. The lowest BCUT2D eigenvalue weighted by atomic mass is 9.96. The Bertz CT molecular complexity index is 1200. The van der Waals surface area contributed by atoms with Gasteiger partial charge < -0.3 is 129 Å². The molecule has 0 saturated carbocycles. The number of ether oxygens (including phenoxy) is 9. The van der Waals surface area contributed by atoms with Gasteiger partial charge >= 0.3 is 0 Å². The van der Waals surface area contributed by atoms with Crippen LogP contribution in [-0.4, -0.2) is 273 Å².